The maximum absolute atomic E-state index is 12.4. The van der Waals surface area contributed by atoms with E-state index in [2.05, 4.69) is 6.07 Å². The van der Waals surface area contributed by atoms with E-state index >= 15 is 0 Å². The Balaban J connectivity index is 2.02. The summed E-state index contributed by atoms with van der Waals surface area (Å²) in [6.45, 7) is 3.57. The van der Waals surface area contributed by atoms with Crippen molar-refractivity contribution in [1.82, 2.24) is 4.90 Å². The van der Waals surface area contributed by atoms with Crippen LogP contribution in [-0.2, 0) is 4.79 Å². The Hall–Kier alpha value is -2.55. The van der Waals surface area contributed by atoms with Gasteiger partial charge in [0.1, 0.15) is 0 Å². The Morgan fingerprint density at radius 3 is 2.62 bits per heavy atom. The third-order valence-electron chi connectivity index (χ3n) is 3.92. The van der Waals surface area contributed by atoms with Gasteiger partial charge in [0, 0.05) is 18.2 Å². The zero-order chi connectivity index (χ0) is 17.7. The number of hydrogen-bond donors (Lipinski definition) is 0. The molecule has 128 valence electrons. The van der Waals surface area contributed by atoms with Gasteiger partial charge in [-0.3, -0.25) is 9.59 Å². The van der Waals surface area contributed by atoms with Crippen molar-refractivity contribution in [3.63, 3.8) is 0 Å². The predicted molar refractivity (Wildman–Crippen MR) is 88.0 cm³/mol. The van der Waals surface area contributed by atoms with Crippen LogP contribution in [0.15, 0.2) is 18.2 Å². The highest BCUT2D eigenvalue weighted by molar-refractivity contribution is 5.94. The normalized spacial score (nSPS) is 14.4. The first-order chi connectivity index (χ1) is 11.5. The van der Waals surface area contributed by atoms with Crippen LogP contribution >= 0.6 is 0 Å². The summed E-state index contributed by atoms with van der Waals surface area (Å²) in [5.74, 6) is 0.413. The Labute approximate surface area is 142 Å². The topological polar surface area (TPSA) is 79.6 Å². The van der Waals surface area contributed by atoms with Crippen molar-refractivity contribution in [2.24, 2.45) is 5.92 Å². The van der Waals surface area contributed by atoms with Crippen LogP contribution in [0.1, 0.15) is 37.0 Å². The molecular weight excluding hydrogens is 308 g/mol. The summed E-state index contributed by atoms with van der Waals surface area (Å²) in [5, 5.41) is 8.95. The average molecular weight is 330 g/mol. The van der Waals surface area contributed by atoms with Crippen molar-refractivity contribution >= 4 is 11.7 Å². The zero-order valence-electron chi connectivity index (χ0n) is 14.2. The van der Waals surface area contributed by atoms with Crippen LogP contribution in [0, 0.1) is 17.2 Å². The Bertz CT molecular complexity index is 661. The van der Waals surface area contributed by atoms with Gasteiger partial charge in [-0.05, 0) is 44.9 Å². The summed E-state index contributed by atoms with van der Waals surface area (Å²) < 4.78 is 10.8. The van der Waals surface area contributed by atoms with E-state index < -0.39 is 0 Å². The van der Waals surface area contributed by atoms with Gasteiger partial charge in [-0.25, -0.2) is 0 Å². The van der Waals surface area contributed by atoms with Gasteiger partial charge in [0.05, 0.1) is 19.1 Å². The second-order valence-corrected chi connectivity index (χ2v) is 6.02. The summed E-state index contributed by atoms with van der Waals surface area (Å²) in [4.78, 5) is 25.6. The monoisotopic (exact) mass is 330 g/mol. The number of nitriles is 1. The minimum Gasteiger partial charge on any atom is -0.493 e. The lowest BCUT2D eigenvalue weighted by molar-refractivity contribution is -0.134. The van der Waals surface area contributed by atoms with Crippen LogP contribution in [0.2, 0.25) is 0 Å². The predicted octanol–water partition coefficient (Wildman–Crippen LogP) is 2.43. The molecule has 1 aliphatic rings. The molecule has 6 heteroatoms. The molecule has 1 amide bonds. The molecule has 0 bridgehead atoms. The SMILES string of the molecule is COc1cc(C(C)=O)ccc1OCC(=O)N(C[C@H](C)C#N)C1CC1. The van der Waals surface area contributed by atoms with E-state index in [0.717, 1.165) is 12.8 Å². The number of benzene rings is 1. The molecule has 1 fully saturated rings. The molecule has 1 atom stereocenters. The van der Waals surface area contributed by atoms with Gasteiger partial charge in [0.25, 0.3) is 5.91 Å². The van der Waals surface area contributed by atoms with Crippen molar-refractivity contribution in [2.45, 2.75) is 32.7 Å². The number of rotatable bonds is 8. The fourth-order valence-corrected chi connectivity index (χ4v) is 2.40. The number of amides is 1. The van der Waals surface area contributed by atoms with Gasteiger partial charge in [-0.2, -0.15) is 5.26 Å². The summed E-state index contributed by atoms with van der Waals surface area (Å²) >= 11 is 0. The van der Waals surface area contributed by atoms with Gasteiger partial charge in [-0.15, -0.1) is 0 Å². The third-order valence-corrected chi connectivity index (χ3v) is 3.92. The van der Waals surface area contributed by atoms with Gasteiger partial charge < -0.3 is 14.4 Å². The molecule has 0 unspecified atom stereocenters. The molecule has 1 saturated carbocycles. The van der Waals surface area contributed by atoms with E-state index in [-0.39, 0.29) is 30.3 Å². The van der Waals surface area contributed by atoms with Crippen LogP contribution in [0.25, 0.3) is 0 Å². The summed E-state index contributed by atoms with van der Waals surface area (Å²) in [6, 6.07) is 7.24. The molecule has 1 aliphatic carbocycles. The zero-order valence-corrected chi connectivity index (χ0v) is 14.2. The van der Waals surface area contributed by atoms with Crippen LogP contribution < -0.4 is 9.47 Å². The van der Waals surface area contributed by atoms with Crippen LogP contribution in [0.5, 0.6) is 11.5 Å². The van der Waals surface area contributed by atoms with Crippen LogP contribution in [-0.4, -0.2) is 42.9 Å². The molecule has 1 aromatic rings. The maximum Gasteiger partial charge on any atom is 0.260 e. The maximum atomic E-state index is 12.4. The number of ether oxygens (including phenoxy) is 2. The first kappa shape index (κ1) is 17.8. The summed E-state index contributed by atoms with van der Waals surface area (Å²) in [5.41, 5.74) is 0.521. The van der Waals surface area contributed by atoms with Gasteiger partial charge in [-0.1, -0.05) is 0 Å². The number of methoxy groups -OCH3 is 1. The number of carbonyl (C=O) groups excluding carboxylic acids is 2. The lowest BCUT2D eigenvalue weighted by atomic mass is 10.1. The largest absolute Gasteiger partial charge is 0.493 e. The molecule has 1 aromatic carbocycles. The fourth-order valence-electron chi connectivity index (χ4n) is 2.40. The highest BCUT2D eigenvalue weighted by Crippen LogP contribution is 2.30. The van der Waals surface area contributed by atoms with Crippen LogP contribution in [0.3, 0.4) is 0 Å². The lowest BCUT2D eigenvalue weighted by Gasteiger charge is -2.23. The highest BCUT2D eigenvalue weighted by atomic mass is 16.5. The van der Waals surface area contributed by atoms with Crippen molar-refractivity contribution in [3.05, 3.63) is 23.8 Å². The average Bonchev–Trinajstić information content (AvgIpc) is 3.41. The minimum absolute atomic E-state index is 0.0682. The van der Waals surface area contributed by atoms with Crippen molar-refractivity contribution in [3.8, 4) is 17.6 Å². The van der Waals surface area contributed by atoms with E-state index in [1.54, 1.807) is 30.0 Å². The second kappa shape index (κ2) is 7.82. The Morgan fingerprint density at radius 2 is 2.08 bits per heavy atom. The van der Waals surface area contributed by atoms with Crippen molar-refractivity contribution in [2.75, 3.05) is 20.3 Å². The molecule has 0 N–H and O–H groups in total. The molecular formula is C18H22N2O4. The van der Waals surface area contributed by atoms with E-state index in [1.165, 1.54) is 14.0 Å². The first-order valence-electron chi connectivity index (χ1n) is 7.97. The molecule has 0 heterocycles. The lowest BCUT2D eigenvalue weighted by Crippen LogP contribution is -2.39. The number of hydrogen-bond acceptors (Lipinski definition) is 5. The Kier molecular flexibility index (Phi) is 5.80. The molecule has 2 rings (SSSR count). The first-order valence-corrected chi connectivity index (χ1v) is 7.97. The number of carbonyl (C=O) groups is 2. The highest BCUT2D eigenvalue weighted by Gasteiger charge is 2.33. The smallest absolute Gasteiger partial charge is 0.260 e. The molecule has 6 nitrogen and oxygen atoms in total. The van der Waals surface area contributed by atoms with Crippen molar-refractivity contribution < 1.29 is 19.1 Å². The quantitative estimate of drug-likeness (QED) is 0.684. The minimum atomic E-state index is -0.209. The van der Waals surface area contributed by atoms with E-state index in [9.17, 15) is 9.59 Å². The van der Waals surface area contributed by atoms with Gasteiger partial charge in [0.2, 0.25) is 0 Å². The van der Waals surface area contributed by atoms with Crippen LogP contribution in [0.4, 0.5) is 0 Å². The number of Topliss-reactive ketones (excluding diaryl/α,β-unsaturated/α-hetero) is 1. The van der Waals surface area contributed by atoms with Crippen molar-refractivity contribution in [1.29, 1.82) is 5.26 Å². The molecule has 0 aliphatic heterocycles. The molecule has 0 saturated heterocycles. The van der Waals surface area contributed by atoms with Gasteiger partial charge >= 0.3 is 0 Å². The standard InChI is InChI=1S/C18H22N2O4/c1-12(9-19)10-20(15-5-6-15)18(22)11-24-16-7-4-14(13(2)21)8-17(16)23-3/h4,7-8,12,15H,5-6,10-11H2,1-3H3/t12-/m1/s1. The third kappa shape index (κ3) is 4.48. The molecule has 0 radical (unpaired) electrons. The van der Waals surface area contributed by atoms with E-state index in [1.807, 2.05) is 0 Å². The van der Waals surface area contributed by atoms with E-state index in [4.69, 9.17) is 14.7 Å². The Morgan fingerprint density at radius 1 is 1.38 bits per heavy atom. The molecule has 0 spiro atoms. The number of nitrogens with zero attached hydrogens (tertiary/aromatic N) is 2. The summed E-state index contributed by atoms with van der Waals surface area (Å²) in [6.07, 6.45) is 1.95. The molecule has 0 aromatic heterocycles. The summed E-state index contributed by atoms with van der Waals surface area (Å²) in [7, 11) is 1.49. The van der Waals surface area contributed by atoms with E-state index in [0.29, 0.717) is 23.6 Å². The second-order valence-electron chi connectivity index (χ2n) is 6.02. The fraction of sp³-hybridized carbons (Fsp3) is 0.500. The number of ketones is 1. The van der Waals surface area contributed by atoms with Gasteiger partial charge in [0.15, 0.2) is 23.9 Å². The molecule has 24 heavy (non-hydrogen) atoms.